The fourth-order valence-corrected chi connectivity index (χ4v) is 1.12. The van der Waals surface area contributed by atoms with Gasteiger partial charge in [-0.3, -0.25) is 0 Å². The van der Waals surface area contributed by atoms with Gasteiger partial charge in [0, 0.05) is 12.1 Å². The molecular weight excluding hydrogens is 273 g/mol. The molecule has 1 aromatic carbocycles. The van der Waals surface area contributed by atoms with E-state index in [1.807, 2.05) is 30.6 Å². The van der Waals surface area contributed by atoms with E-state index in [0.717, 1.165) is 6.07 Å². The van der Waals surface area contributed by atoms with Crippen molar-refractivity contribution in [3.63, 3.8) is 0 Å². The Balaban J connectivity index is 0. The fourth-order valence-electron chi connectivity index (χ4n) is 1.12. The molecule has 0 aliphatic heterocycles. The van der Waals surface area contributed by atoms with E-state index in [0.29, 0.717) is 0 Å². The smallest absolute Gasteiger partial charge is 0.870 e. The third-order valence-corrected chi connectivity index (χ3v) is 1.95. The number of aromatic nitrogens is 1. The van der Waals surface area contributed by atoms with E-state index in [1.54, 1.807) is 0 Å². The van der Waals surface area contributed by atoms with Crippen molar-refractivity contribution in [3.05, 3.63) is 66.0 Å². The number of pyridine rings is 1. The van der Waals surface area contributed by atoms with Crippen molar-refractivity contribution in [1.82, 2.24) is 0 Å². The summed E-state index contributed by atoms with van der Waals surface area (Å²) >= 11 is 0. The quantitative estimate of drug-likeness (QED) is 0.592. The van der Waals surface area contributed by atoms with E-state index >= 15 is 0 Å². The van der Waals surface area contributed by atoms with Gasteiger partial charge in [-0.2, -0.15) is 0 Å². The van der Waals surface area contributed by atoms with Crippen molar-refractivity contribution in [1.29, 1.82) is 0 Å². The van der Waals surface area contributed by atoms with Crippen LogP contribution in [0.2, 0.25) is 0 Å². The summed E-state index contributed by atoms with van der Waals surface area (Å²) in [5, 5.41) is 18.7. The molecule has 20 heavy (non-hydrogen) atoms. The molecule has 100 valence electrons. The molecule has 0 radical (unpaired) electrons. The molecule has 0 saturated heterocycles. The van der Waals surface area contributed by atoms with Gasteiger partial charge in [0.15, 0.2) is 12.4 Å². The molecule has 2 rings (SSSR count). The Morgan fingerprint density at radius 2 is 1.55 bits per heavy atom. The molecular formula is C13H12NNaO5. The SMILES string of the molecule is O=C([O-])c1cccc(C(=O)O)c1.[Na+].[OH-].c1cc[nH+]cc1. The van der Waals surface area contributed by atoms with E-state index in [1.165, 1.54) is 18.2 Å². The van der Waals surface area contributed by atoms with Gasteiger partial charge in [-0.1, -0.05) is 18.2 Å². The van der Waals surface area contributed by atoms with E-state index in [-0.39, 0.29) is 46.2 Å². The van der Waals surface area contributed by atoms with E-state index in [2.05, 4.69) is 4.98 Å². The average molecular weight is 285 g/mol. The molecule has 6 nitrogen and oxygen atoms in total. The van der Waals surface area contributed by atoms with Crippen LogP contribution in [0.5, 0.6) is 0 Å². The number of benzene rings is 1. The van der Waals surface area contributed by atoms with Crippen LogP contribution in [0.1, 0.15) is 20.7 Å². The maximum atomic E-state index is 10.4. The third-order valence-electron chi connectivity index (χ3n) is 1.95. The van der Waals surface area contributed by atoms with E-state index in [9.17, 15) is 14.7 Å². The number of hydrogen-bond donors (Lipinski definition) is 1. The second-order valence-electron chi connectivity index (χ2n) is 3.25. The third kappa shape index (κ3) is 7.65. The van der Waals surface area contributed by atoms with E-state index < -0.39 is 11.9 Å². The van der Waals surface area contributed by atoms with Crippen LogP contribution in [0.4, 0.5) is 0 Å². The molecule has 0 saturated carbocycles. The molecule has 1 heterocycles. The second kappa shape index (κ2) is 11.1. The summed E-state index contributed by atoms with van der Waals surface area (Å²) < 4.78 is 0. The fraction of sp³-hybridized carbons (Fsp3) is 0. The van der Waals surface area contributed by atoms with Crippen molar-refractivity contribution in [3.8, 4) is 0 Å². The van der Waals surface area contributed by atoms with Crippen LogP contribution in [0, 0.1) is 0 Å². The standard InChI is InChI=1S/C8H6O4.C5H5N.Na.H2O/c9-7(10)5-2-1-3-6(4-5)8(11)12;1-2-4-6-5-3-1;;/h1-4H,(H,9,10)(H,11,12);1-5H;;1H2/q;;+1;/p-1. The van der Waals surface area contributed by atoms with Crippen molar-refractivity contribution < 1.29 is 59.8 Å². The number of aromatic amines is 1. The molecule has 0 atom stereocenters. The van der Waals surface area contributed by atoms with Crippen molar-refractivity contribution in [2.45, 2.75) is 0 Å². The molecule has 0 bridgehead atoms. The van der Waals surface area contributed by atoms with Gasteiger partial charge in [0.25, 0.3) is 0 Å². The first-order chi connectivity index (χ1) is 8.61. The van der Waals surface area contributed by atoms with Crippen LogP contribution in [-0.2, 0) is 0 Å². The van der Waals surface area contributed by atoms with Crippen LogP contribution in [-0.4, -0.2) is 22.5 Å². The zero-order valence-corrected chi connectivity index (χ0v) is 12.8. The zero-order valence-electron chi connectivity index (χ0n) is 10.8. The Hall–Kier alpha value is -1.73. The van der Waals surface area contributed by atoms with Gasteiger partial charge in [-0.25, -0.2) is 9.78 Å². The Morgan fingerprint density at radius 3 is 1.90 bits per heavy atom. The minimum atomic E-state index is -1.38. The number of hydrogen-bond acceptors (Lipinski definition) is 4. The Kier molecular flexibility index (Phi) is 11.5. The monoisotopic (exact) mass is 285 g/mol. The number of carbonyl (C=O) groups excluding carboxylic acids is 1. The van der Waals surface area contributed by atoms with Crippen molar-refractivity contribution >= 4 is 11.9 Å². The van der Waals surface area contributed by atoms with Crippen LogP contribution in [0.3, 0.4) is 0 Å². The summed E-state index contributed by atoms with van der Waals surface area (Å²) in [6.07, 6.45) is 3.75. The molecule has 1 aromatic heterocycles. The minimum absolute atomic E-state index is 0. The molecule has 0 amide bonds. The summed E-state index contributed by atoms with van der Waals surface area (Å²) in [6.45, 7) is 0. The maximum Gasteiger partial charge on any atom is 1.00 e. The summed E-state index contributed by atoms with van der Waals surface area (Å²) in [6, 6.07) is 10.9. The van der Waals surface area contributed by atoms with Gasteiger partial charge in [-0.05, 0) is 17.7 Å². The van der Waals surface area contributed by atoms with Gasteiger partial charge in [0.1, 0.15) is 0 Å². The predicted molar refractivity (Wildman–Crippen MR) is 62.7 cm³/mol. The molecule has 0 spiro atoms. The Bertz CT molecular complexity index is 477. The predicted octanol–water partition coefficient (Wildman–Crippen LogP) is -2.92. The molecule has 0 fully saturated rings. The van der Waals surface area contributed by atoms with Gasteiger partial charge in [0.2, 0.25) is 0 Å². The molecule has 3 N–H and O–H groups in total. The van der Waals surface area contributed by atoms with Crippen LogP contribution < -0.4 is 39.6 Å². The Labute approximate surface area is 137 Å². The van der Waals surface area contributed by atoms with Crippen molar-refractivity contribution in [2.75, 3.05) is 0 Å². The topological polar surface area (TPSA) is 122 Å². The molecule has 7 heteroatoms. The number of carboxylic acids is 2. The second-order valence-corrected chi connectivity index (χ2v) is 3.25. The number of rotatable bonds is 2. The molecule has 0 aliphatic rings. The number of carboxylic acid groups (broad SMARTS) is 2. The summed E-state index contributed by atoms with van der Waals surface area (Å²) in [5.41, 5.74) is -0.188. The largest absolute Gasteiger partial charge is 1.00 e. The van der Waals surface area contributed by atoms with Gasteiger partial charge >= 0.3 is 35.5 Å². The summed E-state index contributed by atoms with van der Waals surface area (Å²) in [4.78, 5) is 23.5. The Morgan fingerprint density at radius 1 is 1.00 bits per heavy atom. The number of H-pyrrole nitrogens is 1. The molecule has 0 unspecified atom stereocenters. The maximum absolute atomic E-state index is 10.4. The first kappa shape index (κ1) is 20.6. The van der Waals surface area contributed by atoms with Crippen LogP contribution in [0.15, 0.2) is 54.9 Å². The molecule has 0 aliphatic carbocycles. The number of carbonyl (C=O) groups is 2. The average Bonchev–Trinajstić information content (AvgIpc) is 2.41. The first-order valence-corrected chi connectivity index (χ1v) is 5.07. The van der Waals surface area contributed by atoms with E-state index in [4.69, 9.17) is 5.11 Å². The number of nitrogens with one attached hydrogen (secondary N) is 1. The summed E-state index contributed by atoms with van der Waals surface area (Å²) in [7, 11) is 0. The number of aromatic carboxylic acids is 2. The molecule has 2 aromatic rings. The summed E-state index contributed by atoms with van der Waals surface area (Å²) in [5.74, 6) is -2.53. The van der Waals surface area contributed by atoms with Crippen LogP contribution >= 0.6 is 0 Å². The normalized spacial score (nSPS) is 8.00. The first-order valence-electron chi connectivity index (χ1n) is 5.07. The minimum Gasteiger partial charge on any atom is -0.870 e. The zero-order chi connectivity index (χ0) is 13.4. The van der Waals surface area contributed by atoms with Crippen molar-refractivity contribution in [2.24, 2.45) is 0 Å². The van der Waals surface area contributed by atoms with Crippen LogP contribution in [0.25, 0.3) is 0 Å². The van der Waals surface area contributed by atoms with Gasteiger partial charge in [0.05, 0.1) is 11.5 Å². The van der Waals surface area contributed by atoms with Gasteiger partial charge in [-0.15, -0.1) is 0 Å². The van der Waals surface area contributed by atoms with Gasteiger partial charge < -0.3 is 20.5 Å².